The molecule has 0 aromatic heterocycles. The van der Waals surface area contributed by atoms with E-state index in [1.807, 2.05) is 0 Å². The predicted octanol–water partition coefficient (Wildman–Crippen LogP) is 21.7. The number of unbranched alkanes of at least 4 members (excludes halogenated alkanes) is 10. The summed E-state index contributed by atoms with van der Waals surface area (Å²) in [7, 11) is 0. The van der Waals surface area contributed by atoms with Crippen LogP contribution in [-0.4, -0.2) is 70.5 Å². The average molecular weight is 1130 g/mol. The summed E-state index contributed by atoms with van der Waals surface area (Å²) in [4.78, 5) is 6.98. The lowest BCUT2D eigenvalue weighted by Gasteiger charge is -2.67. The zero-order chi connectivity index (χ0) is 55.8. The fourth-order valence-corrected chi connectivity index (χ4v) is 24.3. The van der Waals surface area contributed by atoms with Crippen molar-refractivity contribution in [3.63, 3.8) is 0 Å². The zero-order valence-electron chi connectivity index (χ0n) is 54.9. The average Bonchev–Trinajstić information content (AvgIpc) is 2.53. The Bertz CT molecular complexity index is 1690. The lowest BCUT2D eigenvalue weighted by molar-refractivity contribution is -0.227. The molecule has 16 unspecified atom stereocenters. The lowest BCUT2D eigenvalue weighted by atomic mass is 9.45. The van der Waals surface area contributed by atoms with Gasteiger partial charge in [-0.3, -0.25) is 9.80 Å². The van der Waals surface area contributed by atoms with Gasteiger partial charge in [-0.1, -0.05) is 169 Å². The highest BCUT2D eigenvalue weighted by atomic mass is 16.5. The Balaban J connectivity index is 0.860. The van der Waals surface area contributed by atoms with Crippen LogP contribution in [0.25, 0.3) is 0 Å². The fourth-order valence-electron chi connectivity index (χ4n) is 24.3. The first-order chi connectivity index (χ1) is 40.4. The normalized spacial score (nSPS) is 45.3. The van der Waals surface area contributed by atoms with Crippen molar-refractivity contribution in [2.75, 3.05) is 0 Å². The minimum atomic E-state index is 0.476. The van der Waals surface area contributed by atoms with Gasteiger partial charge in [0.2, 0.25) is 0 Å². The summed E-state index contributed by atoms with van der Waals surface area (Å²) in [5.74, 6) is 12.6. The minimum absolute atomic E-state index is 0.476. The molecule has 16 atom stereocenters. The first kappa shape index (κ1) is 62.1. The Labute approximate surface area is 509 Å². The van der Waals surface area contributed by atoms with Crippen LogP contribution in [0.1, 0.15) is 349 Å². The van der Waals surface area contributed by atoms with E-state index < -0.39 is 0 Å². The van der Waals surface area contributed by atoms with Gasteiger partial charge in [0.05, 0.1) is 24.4 Å². The molecule has 0 radical (unpaired) electrons. The van der Waals surface area contributed by atoms with Crippen molar-refractivity contribution in [3.8, 4) is 0 Å². The van der Waals surface area contributed by atoms with Gasteiger partial charge in [0.25, 0.3) is 0 Å². The van der Waals surface area contributed by atoms with Crippen LogP contribution in [0, 0.1) is 82.9 Å². The molecule has 0 aromatic rings. The summed E-state index contributed by atoms with van der Waals surface area (Å²) in [5, 5.41) is 0. The molecule has 0 aliphatic heterocycles. The molecule has 4 heteroatoms. The highest BCUT2D eigenvalue weighted by molar-refractivity contribution is 5.14. The summed E-state index contributed by atoms with van der Waals surface area (Å²) in [6.45, 7) is 9.96. The third-order valence-electron chi connectivity index (χ3n) is 28.7. The highest BCUT2D eigenvalue weighted by Gasteiger charge is 2.63. The van der Waals surface area contributed by atoms with Gasteiger partial charge < -0.3 is 9.47 Å². The first-order valence-corrected chi connectivity index (χ1v) is 39.2. The number of hydrogen-bond acceptors (Lipinski definition) is 4. The van der Waals surface area contributed by atoms with Crippen LogP contribution in [0.15, 0.2) is 0 Å². The summed E-state index contributed by atoms with van der Waals surface area (Å²) in [6.07, 6.45) is 75.4. The Morgan fingerprint density at radius 2 is 0.646 bits per heavy atom. The van der Waals surface area contributed by atoms with E-state index in [1.165, 1.54) is 321 Å². The van der Waals surface area contributed by atoms with Crippen molar-refractivity contribution in [3.05, 3.63) is 0 Å². The van der Waals surface area contributed by atoms with Gasteiger partial charge >= 0.3 is 0 Å². The Morgan fingerprint density at radius 3 is 1.04 bits per heavy atom. The number of hydrogen-bond donors (Lipinski definition) is 0. The quantitative estimate of drug-likeness (QED) is 0.0900. The molecule has 12 fully saturated rings. The second-order valence-corrected chi connectivity index (χ2v) is 33.6. The lowest BCUT2D eigenvalue weighted by Crippen LogP contribution is -2.68. The topological polar surface area (TPSA) is 24.9 Å². The second kappa shape index (κ2) is 30.6. The van der Waals surface area contributed by atoms with Crippen molar-refractivity contribution < 1.29 is 9.47 Å². The van der Waals surface area contributed by atoms with E-state index in [2.05, 4.69) is 37.5 Å². The monoisotopic (exact) mass is 1130 g/mol. The van der Waals surface area contributed by atoms with Crippen LogP contribution in [-0.2, 0) is 9.47 Å². The van der Waals surface area contributed by atoms with Gasteiger partial charge in [0, 0.05) is 36.3 Å². The number of fused-ring (bicyclic) bond motifs is 2. The van der Waals surface area contributed by atoms with E-state index in [0.717, 1.165) is 119 Å². The third-order valence-corrected chi connectivity index (χ3v) is 28.7. The molecular weight excluding hydrogens is 997 g/mol. The summed E-state index contributed by atoms with van der Waals surface area (Å²) in [5.41, 5.74) is 0. The number of rotatable bonds is 24. The van der Waals surface area contributed by atoms with E-state index in [-0.39, 0.29) is 0 Å². The molecule has 0 spiro atoms. The minimum Gasteiger partial charge on any atom is -0.375 e. The summed E-state index contributed by atoms with van der Waals surface area (Å²) >= 11 is 0. The molecule has 0 saturated heterocycles. The SMILES string of the molecule is CCCCCCCCC1CCC(N(C2CCC(C)CC2)C2CC(OC3CCC4CCCCC4C3)C3CCC4C5C(CCC2C35)C(OC2CCC3CCCCC3C2)CC4N(C2CCC(C)CC2)C2CCC(CCCCCCCC)CC2)CC1. The van der Waals surface area contributed by atoms with E-state index in [9.17, 15) is 0 Å². The van der Waals surface area contributed by atoms with Gasteiger partial charge in [0.1, 0.15) is 0 Å². The van der Waals surface area contributed by atoms with Crippen LogP contribution in [0.2, 0.25) is 0 Å². The van der Waals surface area contributed by atoms with Crippen LogP contribution < -0.4 is 0 Å². The first-order valence-electron chi connectivity index (χ1n) is 39.2. The smallest absolute Gasteiger partial charge is 0.0624 e. The van der Waals surface area contributed by atoms with Gasteiger partial charge in [0.15, 0.2) is 0 Å². The third kappa shape index (κ3) is 15.0. The molecule has 0 N–H and O–H groups in total. The van der Waals surface area contributed by atoms with Crippen LogP contribution >= 0.6 is 0 Å². The Kier molecular flexibility index (Phi) is 23.1. The van der Waals surface area contributed by atoms with Gasteiger partial charge in [-0.2, -0.15) is 0 Å². The molecule has 12 aliphatic carbocycles. The maximum Gasteiger partial charge on any atom is 0.0624 e. The number of ether oxygens (including phenoxy) is 2. The standard InChI is InChI=1S/C78H136N2O2/c1-5-7-9-11-13-15-21-57-31-41-65(42-32-57)79(63-37-27-55(3)28-38-63)73-53-75(81-67-45-35-59-23-17-19-25-61(59)51-67)71-50-48-70-74(80(64-39-29-56(4)30-40-64)66-43-33-58(34-44-66)22-16-14-12-10-8-6-2)54-76(72-49-47-69(73)77(71)78(70)72)82-68-46-36-60-24-18-20-26-62(60)52-68/h55-78H,5-54H2,1-4H3. The zero-order valence-corrected chi connectivity index (χ0v) is 54.9. The second-order valence-electron chi connectivity index (χ2n) is 33.6. The molecule has 0 heterocycles. The molecular formula is C78H136N2O2. The number of nitrogens with zero attached hydrogens (tertiary/aromatic N) is 2. The predicted molar refractivity (Wildman–Crippen MR) is 346 cm³/mol. The van der Waals surface area contributed by atoms with Crippen molar-refractivity contribution in [1.29, 1.82) is 0 Å². The summed E-state index contributed by atoms with van der Waals surface area (Å²) < 4.78 is 16.3. The fraction of sp³-hybridized carbons (Fsp3) is 1.00. The summed E-state index contributed by atoms with van der Waals surface area (Å²) in [6, 6.07) is 4.69. The molecule has 0 amide bonds. The molecule has 12 rings (SSSR count). The molecule has 470 valence electrons. The van der Waals surface area contributed by atoms with Gasteiger partial charge in [-0.05, 0) is 263 Å². The molecule has 0 aromatic carbocycles. The maximum absolute atomic E-state index is 8.17. The van der Waals surface area contributed by atoms with Crippen molar-refractivity contribution >= 4 is 0 Å². The maximum atomic E-state index is 8.17. The molecule has 0 bridgehead atoms. The van der Waals surface area contributed by atoms with Crippen molar-refractivity contribution in [1.82, 2.24) is 9.80 Å². The largest absolute Gasteiger partial charge is 0.375 e. The Hall–Kier alpha value is -0.160. The highest BCUT2D eigenvalue weighted by Crippen LogP contribution is 2.64. The molecule has 12 aliphatic rings. The van der Waals surface area contributed by atoms with E-state index >= 15 is 0 Å². The van der Waals surface area contributed by atoms with Gasteiger partial charge in [-0.15, -0.1) is 0 Å². The van der Waals surface area contributed by atoms with Crippen LogP contribution in [0.3, 0.4) is 0 Å². The van der Waals surface area contributed by atoms with Crippen molar-refractivity contribution in [2.24, 2.45) is 82.9 Å². The molecule has 12 saturated carbocycles. The van der Waals surface area contributed by atoms with Crippen LogP contribution in [0.5, 0.6) is 0 Å². The van der Waals surface area contributed by atoms with Gasteiger partial charge in [-0.25, -0.2) is 0 Å². The molecule has 4 nitrogen and oxygen atoms in total. The Morgan fingerprint density at radius 1 is 0.305 bits per heavy atom. The van der Waals surface area contributed by atoms with E-state index in [4.69, 9.17) is 9.47 Å². The van der Waals surface area contributed by atoms with E-state index in [0.29, 0.717) is 24.4 Å². The van der Waals surface area contributed by atoms with Crippen molar-refractivity contribution in [2.45, 2.75) is 409 Å². The van der Waals surface area contributed by atoms with Crippen LogP contribution in [0.4, 0.5) is 0 Å². The van der Waals surface area contributed by atoms with E-state index in [1.54, 1.807) is 0 Å². The molecule has 82 heavy (non-hydrogen) atoms.